The van der Waals surface area contributed by atoms with Crippen LogP contribution in [0, 0.1) is 0 Å². The van der Waals surface area contributed by atoms with Crippen LogP contribution in [-0.2, 0) is 16.8 Å². The van der Waals surface area contributed by atoms with Gasteiger partial charge in [-0.3, -0.25) is 4.79 Å². The highest BCUT2D eigenvalue weighted by Crippen LogP contribution is 2.25. The maximum absolute atomic E-state index is 12.4. The molecule has 25 heavy (non-hydrogen) atoms. The number of amides is 1. The standard InChI is InChI=1S/C21H26ClNO2/c1-5-19(20(24)23-14-15-8-6-7-9-18(15)22)25-17-12-10-16(11-13-17)21(2,3)4/h6-13,19H,5,14H2,1-4H3,(H,23,24)/t19-/m0/s1. The third kappa shape index (κ3) is 5.50. The summed E-state index contributed by atoms with van der Waals surface area (Å²) in [5, 5.41) is 3.55. The molecule has 2 aromatic rings. The van der Waals surface area contributed by atoms with Crippen molar-refractivity contribution in [3.63, 3.8) is 0 Å². The SMILES string of the molecule is CC[C@H](Oc1ccc(C(C)(C)C)cc1)C(=O)NCc1ccccc1Cl. The van der Waals surface area contributed by atoms with Crippen molar-refractivity contribution in [3.8, 4) is 5.75 Å². The molecule has 4 heteroatoms. The summed E-state index contributed by atoms with van der Waals surface area (Å²) in [6.45, 7) is 8.82. The smallest absolute Gasteiger partial charge is 0.261 e. The van der Waals surface area contributed by atoms with Crippen molar-refractivity contribution in [1.29, 1.82) is 0 Å². The Labute approximate surface area is 155 Å². The van der Waals surface area contributed by atoms with Gasteiger partial charge in [-0.2, -0.15) is 0 Å². The highest BCUT2D eigenvalue weighted by Gasteiger charge is 2.19. The lowest BCUT2D eigenvalue weighted by molar-refractivity contribution is -0.128. The van der Waals surface area contributed by atoms with Gasteiger partial charge in [0.15, 0.2) is 6.10 Å². The van der Waals surface area contributed by atoms with Crippen LogP contribution in [0.1, 0.15) is 45.2 Å². The van der Waals surface area contributed by atoms with Crippen molar-refractivity contribution in [2.75, 3.05) is 0 Å². The number of benzene rings is 2. The first kappa shape index (κ1) is 19.3. The second-order valence-electron chi connectivity index (χ2n) is 7.10. The molecule has 0 unspecified atom stereocenters. The molecule has 0 aliphatic carbocycles. The zero-order chi connectivity index (χ0) is 18.4. The molecule has 1 atom stereocenters. The van der Waals surface area contributed by atoms with E-state index < -0.39 is 6.10 Å². The highest BCUT2D eigenvalue weighted by atomic mass is 35.5. The largest absolute Gasteiger partial charge is 0.481 e. The van der Waals surface area contributed by atoms with Crippen molar-refractivity contribution in [3.05, 3.63) is 64.7 Å². The number of halogens is 1. The Balaban J connectivity index is 1.97. The quantitative estimate of drug-likeness (QED) is 0.778. The van der Waals surface area contributed by atoms with E-state index in [-0.39, 0.29) is 11.3 Å². The van der Waals surface area contributed by atoms with E-state index in [0.717, 1.165) is 5.56 Å². The summed E-state index contributed by atoms with van der Waals surface area (Å²) in [5.74, 6) is 0.565. The summed E-state index contributed by atoms with van der Waals surface area (Å²) in [6.07, 6.45) is 0.0676. The van der Waals surface area contributed by atoms with Crippen LogP contribution in [0.15, 0.2) is 48.5 Å². The van der Waals surface area contributed by atoms with Crippen LogP contribution in [-0.4, -0.2) is 12.0 Å². The maximum Gasteiger partial charge on any atom is 0.261 e. The molecule has 0 aromatic heterocycles. The minimum absolute atomic E-state index is 0.0923. The Morgan fingerprint density at radius 2 is 1.76 bits per heavy atom. The van der Waals surface area contributed by atoms with Gasteiger partial charge < -0.3 is 10.1 Å². The topological polar surface area (TPSA) is 38.3 Å². The first-order valence-electron chi connectivity index (χ1n) is 8.59. The van der Waals surface area contributed by atoms with E-state index in [4.69, 9.17) is 16.3 Å². The molecule has 0 saturated heterocycles. The van der Waals surface area contributed by atoms with Gasteiger partial charge in [-0.25, -0.2) is 0 Å². The van der Waals surface area contributed by atoms with Gasteiger partial charge in [-0.05, 0) is 41.2 Å². The predicted octanol–water partition coefficient (Wildman–Crippen LogP) is 5.11. The average Bonchev–Trinajstić information content (AvgIpc) is 2.58. The number of carbonyl (C=O) groups is 1. The summed E-state index contributed by atoms with van der Waals surface area (Å²) in [7, 11) is 0. The van der Waals surface area contributed by atoms with Gasteiger partial charge in [0.05, 0.1) is 0 Å². The fraction of sp³-hybridized carbons (Fsp3) is 0.381. The zero-order valence-corrected chi connectivity index (χ0v) is 16.1. The van der Waals surface area contributed by atoms with E-state index in [0.29, 0.717) is 23.7 Å². The molecule has 0 heterocycles. The van der Waals surface area contributed by atoms with Crippen LogP contribution in [0.3, 0.4) is 0 Å². The van der Waals surface area contributed by atoms with E-state index in [1.807, 2.05) is 55.5 Å². The second-order valence-corrected chi connectivity index (χ2v) is 7.51. The minimum atomic E-state index is -0.525. The average molecular weight is 360 g/mol. The second kappa shape index (κ2) is 8.39. The number of ether oxygens (including phenoxy) is 1. The van der Waals surface area contributed by atoms with Crippen LogP contribution in [0.25, 0.3) is 0 Å². The Morgan fingerprint density at radius 1 is 1.12 bits per heavy atom. The number of hydrogen-bond acceptors (Lipinski definition) is 2. The van der Waals surface area contributed by atoms with Crippen LogP contribution in [0.2, 0.25) is 5.02 Å². The van der Waals surface area contributed by atoms with Gasteiger partial charge in [0.2, 0.25) is 0 Å². The molecular weight excluding hydrogens is 334 g/mol. The summed E-state index contributed by atoms with van der Waals surface area (Å²) in [4.78, 5) is 12.4. The summed E-state index contributed by atoms with van der Waals surface area (Å²) in [6, 6.07) is 15.4. The molecule has 2 aromatic carbocycles. The maximum atomic E-state index is 12.4. The van der Waals surface area contributed by atoms with E-state index >= 15 is 0 Å². The molecule has 0 bridgehead atoms. The molecule has 134 valence electrons. The number of rotatable bonds is 6. The van der Waals surface area contributed by atoms with Crippen molar-refractivity contribution in [1.82, 2.24) is 5.32 Å². The molecule has 0 fully saturated rings. The molecule has 0 radical (unpaired) electrons. The van der Waals surface area contributed by atoms with Crippen LogP contribution < -0.4 is 10.1 Å². The fourth-order valence-corrected chi connectivity index (χ4v) is 2.66. The number of nitrogens with one attached hydrogen (secondary N) is 1. The molecular formula is C21H26ClNO2. The lowest BCUT2D eigenvalue weighted by Crippen LogP contribution is -2.37. The van der Waals surface area contributed by atoms with Gasteiger partial charge in [-0.15, -0.1) is 0 Å². The van der Waals surface area contributed by atoms with E-state index in [1.54, 1.807) is 0 Å². The molecule has 1 N–H and O–H groups in total. The number of carbonyl (C=O) groups excluding carboxylic acids is 1. The first-order valence-corrected chi connectivity index (χ1v) is 8.97. The van der Waals surface area contributed by atoms with Crippen molar-refractivity contribution < 1.29 is 9.53 Å². The van der Waals surface area contributed by atoms with Crippen molar-refractivity contribution in [2.24, 2.45) is 0 Å². The summed E-state index contributed by atoms with van der Waals surface area (Å²) >= 11 is 6.12. The van der Waals surface area contributed by atoms with Gasteiger partial charge in [0.1, 0.15) is 5.75 Å². The van der Waals surface area contributed by atoms with Crippen molar-refractivity contribution in [2.45, 2.75) is 52.2 Å². The highest BCUT2D eigenvalue weighted by molar-refractivity contribution is 6.31. The molecule has 3 nitrogen and oxygen atoms in total. The van der Waals surface area contributed by atoms with Gasteiger partial charge in [-0.1, -0.05) is 69.6 Å². The third-order valence-electron chi connectivity index (χ3n) is 4.07. The molecule has 0 aliphatic rings. The van der Waals surface area contributed by atoms with Gasteiger partial charge in [0.25, 0.3) is 5.91 Å². The molecule has 2 rings (SSSR count). The van der Waals surface area contributed by atoms with E-state index in [2.05, 4.69) is 26.1 Å². The molecule has 0 spiro atoms. The summed E-state index contributed by atoms with van der Waals surface area (Å²) in [5.41, 5.74) is 2.22. The van der Waals surface area contributed by atoms with Crippen LogP contribution >= 0.6 is 11.6 Å². The first-order chi connectivity index (χ1) is 11.8. The lowest BCUT2D eigenvalue weighted by Gasteiger charge is -2.21. The molecule has 0 saturated carbocycles. The van der Waals surface area contributed by atoms with Gasteiger partial charge in [0, 0.05) is 11.6 Å². The van der Waals surface area contributed by atoms with Crippen LogP contribution in [0.5, 0.6) is 5.75 Å². The van der Waals surface area contributed by atoms with E-state index in [1.165, 1.54) is 5.56 Å². The summed E-state index contributed by atoms with van der Waals surface area (Å²) < 4.78 is 5.87. The normalized spacial score (nSPS) is 12.5. The Hall–Kier alpha value is -2.00. The Morgan fingerprint density at radius 3 is 2.32 bits per heavy atom. The molecule has 0 aliphatic heterocycles. The lowest BCUT2D eigenvalue weighted by atomic mass is 9.87. The third-order valence-corrected chi connectivity index (χ3v) is 4.44. The van der Waals surface area contributed by atoms with E-state index in [9.17, 15) is 4.79 Å². The zero-order valence-electron chi connectivity index (χ0n) is 15.3. The minimum Gasteiger partial charge on any atom is -0.481 e. The van der Waals surface area contributed by atoms with Gasteiger partial charge >= 0.3 is 0 Å². The fourth-order valence-electron chi connectivity index (χ4n) is 2.46. The van der Waals surface area contributed by atoms with Crippen molar-refractivity contribution >= 4 is 17.5 Å². The van der Waals surface area contributed by atoms with Crippen LogP contribution in [0.4, 0.5) is 0 Å². The predicted molar refractivity (Wildman–Crippen MR) is 103 cm³/mol. The number of hydrogen-bond donors (Lipinski definition) is 1. The Bertz CT molecular complexity index is 705. The Kier molecular flexibility index (Phi) is 6.49. The monoisotopic (exact) mass is 359 g/mol. The molecule has 1 amide bonds.